The summed E-state index contributed by atoms with van der Waals surface area (Å²) in [5.41, 5.74) is 9.97. The first-order valence-corrected chi connectivity index (χ1v) is 12.8. The van der Waals surface area contributed by atoms with E-state index in [9.17, 15) is 4.79 Å². The van der Waals surface area contributed by atoms with Crippen LogP contribution in [0, 0.1) is 6.92 Å². The Morgan fingerprint density at radius 2 is 2.21 bits per heavy atom. The Morgan fingerprint density at radius 3 is 3.03 bits per heavy atom. The summed E-state index contributed by atoms with van der Waals surface area (Å²) in [7, 11) is 1.82. The van der Waals surface area contributed by atoms with Gasteiger partial charge in [-0.05, 0) is 62.9 Å². The van der Waals surface area contributed by atoms with Crippen molar-refractivity contribution in [3.63, 3.8) is 0 Å². The van der Waals surface area contributed by atoms with Crippen LogP contribution < -0.4 is 21.3 Å². The molecule has 3 aromatic heterocycles. The number of carbonyl (C=O) groups excluding carboxylic acids is 1. The van der Waals surface area contributed by atoms with E-state index in [1.54, 1.807) is 0 Å². The Morgan fingerprint density at radius 1 is 1.32 bits per heavy atom. The van der Waals surface area contributed by atoms with E-state index in [1.807, 2.05) is 26.2 Å². The third-order valence-electron chi connectivity index (χ3n) is 7.69. The molecule has 0 aromatic carbocycles. The summed E-state index contributed by atoms with van der Waals surface area (Å²) in [6.07, 6.45) is 3.53. The molecule has 1 amide bonds. The second-order valence-electron chi connectivity index (χ2n) is 9.74. The second kappa shape index (κ2) is 8.18. The van der Waals surface area contributed by atoms with Crippen molar-refractivity contribution in [2.75, 3.05) is 37.4 Å². The summed E-state index contributed by atoms with van der Waals surface area (Å²) >= 11 is 1.36. The highest BCUT2D eigenvalue weighted by atomic mass is 32.1. The third kappa shape index (κ3) is 3.54. The van der Waals surface area contributed by atoms with Crippen LogP contribution in [-0.2, 0) is 17.6 Å². The van der Waals surface area contributed by atoms with Gasteiger partial charge in [0.15, 0.2) is 0 Å². The average molecular weight is 479 g/mol. The highest BCUT2D eigenvalue weighted by Crippen LogP contribution is 2.36. The van der Waals surface area contributed by atoms with Crippen LogP contribution in [0.1, 0.15) is 39.5 Å². The summed E-state index contributed by atoms with van der Waals surface area (Å²) in [6, 6.07) is 8.59. The molecule has 0 saturated carbocycles. The van der Waals surface area contributed by atoms with Crippen molar-refractivity contribution in [1.82, 2.24) is 20.6 Å². The number of nitrogens with two attached hydrogens (primary N) is 1. The van der Waals surface area contributed by atoms with Crippen LogP contribution in [0.4, 0.5) is 11.5 Å². The minimum atomic E-state index is -0.114. The number of anilines is 2. The standard InChI is InChI=1S/C25H30N6O2S/c1-14-3-6-17-21(26)22(34-24(17)28-14)23(32)29-16-5-7-18-15(11-16)4-8-20(30-18)31-12-19-25(13-31,33-2)9-10-27-19/h3-4,6,8,16,19,27H,5,7,9-13,26H2,1-2H3,(H,29,32)/t16-,19-,25+/m0/s1. The van der Waals surface area contributed by atoms with E-state index in [1.165, 1.54) is 16.9 Å². The Balaban J connectivity index is 1.15. The van der Waals surface area contributed by atoms with Crippen molar-refractivity contribution >= 4 is 39.0 Å². The zero-order valence-electron chi connectivity index (χ0n) is 19.6. The number of nitrogens with one attached hydrogen (secondary N) is 2. The van der Waals surface area contributed by atoms with Crippen molar-refractivity contribution < 1.29 is 9.53 Å². The van der Waals surface area contributed by atoms with Crippen molar-refractivity contribution in [1.29, 1.82) is 0 Å². The summed E-state index contributed by atoms with van der Waals surface area (Å²) in [4.78, 5) is 26.3. The molecule has 1 aliphatic carbocycles. The summed E-state index contributed by atoms with van der Waals surface area (Å²) < 4.78 is 5.92. The SMILES string of the molecule is CO[C@@]12CCN[C@H]1CN(c1ccc3c(n1)CC[C@H](NC(=O)c1sc4nc(C)ccc4c1N)C3)C2. The van der Waals surface area contributed by atoms with Crippen LogP contribution >= 0.6 is 11.3 Å². The molecular weight excluding hydrogens is 448 g/mol. The Bertz CT molecular complexity index is 1280. The van der Waals surface area contributed by atoms with E-state index >= 15 is 0 Å². The molecule has 2 aliphatic heterocycles. The van der Waals surface area contributed by atoms with Gasteiger partial charge in [-0.1, -0.05) is 6.07 Å². The van der Waals surface area contributed by atoms with E-state index in [-0.39, 0.29) is 17.6 Å². The fraction of sp³-hybridized carbons (Fsp3) is 0.480. The lowest BCUT2D eigenvalue weighted by molar-refractivity contribution is 0.00766. The molecule has 2 saturated heterocycles. The van der Waals surface area contributed by atoms with Crippen molar-refractivity contribution in [2.45, 2.75) is 50.3 Å². The fourth-order valence-corrected chi connectivity index (χ4v) is 6.78. The molecule has 178 valence electrons. The largest absolute Gasteiger partial charge is 0.397 e. The second-order valence-corrected chi connectivity index (χ2v) is 10.7. The maximum Gasteiger partial charge on any atom is 0.263 e. The van der Waals surface area contributed by atoms with Gasteiger partial charge in [-0.3, -0.25) is 4.79 Å². The smallest absolute Gasteiger partial charge is 0.263 e. The van der Waals surface area contributed by atoms with Gasteiger partial charge in [0.1, 0.15) is 21.1 Å². The first-order chi connectivity index (χ1) is 16.5. The lowest BCUT2D eigenvalue weighted by atomic mass is 9.91. The third-order valence-corrected chi connectivity index (χ3v) is 8.80. The van der Waals surface area contributed by atoms with Gasteiger partial charge in [-0.25, -0.2) is 9.97 Å². The number of amides is 1. The van der Waals surface area contributed by atoms with Crippen LogP contribution in [0.2, 0.25) is 0 Å². The van der Waals surface area contributed by atoms with Crippen LogP contribution in [0.3, 0.4) is 0 Å². The monoisotopic (exact) mass is 478 g/mol. The number of fused-ring (bicyclic) bond motifs is 3. The van der Waals surface area contributed by atoms with E-state index in [2.05, 4.69) is 32.7 Å². The van der Waals surface area contributed by atoms with Gasteiger partial charge in [-0.15, -0.1) is 11.3 Å². The maximum absolute atomic E-state index is 13.0. The topological polar surface area (TPSA) is 105 Å². The van der Waals surface area contributed by atoms with Crippen molar-refractivity contribution in [2.24, 2.45) is 0 Å². The number of hydrogen-bond acceptors (Lipinski definition) is 8. The molecular formula is C25H30N6O2S. The molecule has 0 radical (unpaired) electrons. The number of ether oxygens (including phenoxy) is 1. The molecule has 0 unspecified atom stereocenters. The first-order valence-electron chi connectivity index (χ1n) is 11.9. The van der Waals surface area contributed by atoms with E-state index in [0.717, 1.165) is 72.7 Å². The number of nitrogen functional groups attached to an aromatic ring is 1. The highest BCUT2D eigenvalue weighted by Gasteiger charge is 2.50. The molecule has 4 N–H and O–H groups in total. The molecule has 8 nitrogen and oxygen atoms in total. The van der Waals surface area contributed by atoms with Crippen LogP contribution in [0.5, 0.6) is 0 Å². The summed E-state index contributed by atoms with van der Waals surface area (Å²) in [5.74, 6) is 0.909. The molecule has 34 heavy (non-hydrogen) atoms. The minimum absolute atomic E-state index is 0.0686. The summed E-state index contributed by atoms with van der Waals surface area (Å²) in [5, 5.41) is 7.63. The Labute approximate surface area is 202 Å². The van der Waals surface area contributed by atoms with E-state index in [0.29, 0.717) is 16.6 Å². The van der Waals surface area contributed by atoms with Gasteiger partial charge < -0.3 is 26.0 Å². The quantitative estimate of drug-likeness (QED) is 0.529. The Hall–Kier alpha value is -2.75. The van der Waals surface area contributed by atoms with E-state index in [4.69, 9.17) is 15.5 Å². The minimum Gasteiger partial charge on any atom is -0.397 e. The lowest BCUT2D eigenvalue weighted by Gasteiger charge is -2.28. The molecule has 9 heteroatoms. The number of pyridine rings is 2. The van der Waals surface area contributed by atoms with Gasteiger partial charge in [0.25, 0.3) is 5.91 Å². The molecule has 3 aliphatic rings. The zero-order valence-corrected chi connectivity index (χ0v) is 20.4. The number of nitrogens with zero attached hydrogens (tertiary/aromatic N) is 3. The van der Waals surface area contributed by atoms with Gasteiger partial charge in [0.2, 0.25) is 0 Å². The number of aryl methyl sites for hydroxylation is 2. The van der Waals surface area contributed by atoms with Gasteiger partial charge >= 0.3 is 0 Å². The molecule has 6 rings (SSSR count). The number of aromatic nitrogens is 2. The molecule has 5 heterocycles. The normalized spacial score (nSPS) is 26.0. The molecule has 2 fully saturated rings. The molecule has 3 atom stereocenters. The number of hydrogen-bond donors (Lipinski definition) is 3. The predicted molar refractivity (Wildman–Crippen MR) is 135 cm³/mol. The first kappa shape index (κ1) is 21.8. The maximum atomic E-state index is 13.0. The highest BCUT2D eigenvalue weighted by molar-refractivity contribution is 7.21. The van der Waals surface area contributed by atoms with Crippen molar-refractivity contribution in [3.8, 4) is 0 Å². The molecule has 0 bridgehead atoms. The molecule has 0 spiro atoms. The zero-order chi connectivity index (χ0) is 23.4. The van der Waals surface area contributed by atoms with E-state index < -0.39 is 0 Å². The fourth-order valence-electron chi connectivity index (χ4n) is 5.74. The van der Waals surface area contributed by atoms with Crippen molar-refractivity contribution in [3.05, 3.63) is 46.1 Å². The average Bonchev–Trinajstić information content (AvgIpc) is 3.49. The number of methoxy groups -OCH3 is 1. The van der Waals surface area contributed by atoms with Gasteiger partial charge in [0.05, 0.1) is 18.3 Å². The van der Waals surface area contributed by atoms with Crippen LogP contribution in [0.15, 0.2) is 24.3 Å². The van der Waals surface area contributed by atoms with Gasteiger partial charge in [-0.2, -0.15) is 0 Å². The van der Waals surface area contributed by atoms with Crippen LogP contribution in [-0.4, -0.2) is 60.3 Å². The predicted octanol–water partition coefficient (Wildman–Crippen LogP) is 2.44. The van der Waals surface area contributed by atoms with Crippen LogP contribution in [0.25, 0.3) is 10.2 Å². The molecule has 3 aromatic rings. The van der Waals surface area contributed by atoms with Gasteiger partial charge in [0, 0.05) is 36.5 Å². The number of carbonyl (C=O) groups is 1. The number of thiophene rings is 1. The lowest BCUT2D eigenvalue weighted by Crippen LogP contribution is -2.42. The Kier molecular flexibility index (Phi) is 5.24. The summed E-state index contributed by atoms with van der Waals surface area (Å²) in [6.45, 7) is 4.75. The number of rotatable bonds is 4.